The largest absolute Gasteiger partial charge is 0.465 e. The molecule has 0 spiro atoms. The molecule has 0 aliphatic carbocycles. The van der Waals surface area contributed by atoms with Crippen molar-refractivity contribution in [3.63, 3.8) is 0 Å². The van der Waals surface area contributed by atoms with Crippen LogP contribution in [0.25, 0.3) is 0 Å². The lowest BCUT2D eigenvalue weighted by molar-refractivity contribution is 0.0599. The SMILES string of the molecule is COC(=O)c1cc(Nc2ncnc(Nc3ccc(Br)cc3)c2N)cc(C(=O)OC)c1. The van der Waals surface area contributed by atoms with Gasteiger partial charge in [-0.15, -0.1) is 0 Å². The monoisotopic (exact) mass is 471 g/mol. The number of carbonyl (C=O) groups excluding carboxylic acids is 2. The normalized spacial score (nSPS) is 10.2. The van der Waals surface area contributed by atoms with Crippen LogP contribution in [0, 0.1) is 0 Å². The third-order valence-corrected chi connectivity index (χ3v) is 4.56. The molecular weight excluding hydrogens is 454 g/mol. The number of methoxy groups -OCH3 is 2. The minimum absolute atomic E-state index is 0.170. The first-order chi connectivity index (χ1) is 14.4. The van der Waals surface area contributed by atoms with Crippen LogP contribution in [0.5, 0.6) is 0 Å². The van der Waals surface area contributed by atoms with Gasteiger partial charge in [0.2, 0.25) is 0 Å². The number of halogens is 1. The number of hydrogen-bond donors (Lipinski definition) is 3. The second kappa shape index (κ2) is 9.23. The van der Waals surface area contributed by atoms with E-state index in [2.05, 4.69) is 36.5 Å². The lowest BCUT2D eigenvalue weighted by atomic mass is 10.1. The number of anilines is 5. The van der Waals surface area contributed by atoms with Gasteiger partial charge in [-0.1, -0.05) is 15.9 Å². The van der Waals surface area contributed by atoms with Crippen LogP contribution in [0.1, 0.15) is 20.7 Å². The average molecular weight is 472 g/mol. The van der Waals surface area contributed by atoms with E-state index in [0.717, 1.165) is 10.2 Å². The van der Waals surface area contributed by atoms with Crippen LogP contribution in [0.4, 0.5) is 28.7 Å². The molecule has 0 radical (unpaired) electrons. The fourth-order valence-corrected chi connectivity index (χ4v) is 2.84. The molecule has 1 aromatic heterocycles. The van der Waals surface area contributed by atoms with Crippen LogP contribution in [-0.4, -0.2) is 36.1 Å². The van der Waals surface area contributed by atoms with Gasteiger partial charge in [0.25, 0.3) is 0 Å². The molecule has 0 bridgehead atoms. The van der Waals surface area contributed by atoms with Crippen LogP contribution in [-0.2, 0) is 9.47 Å². The van der Waals surface area contributed by atoms with Crippen molar-refractivity contribution in [2.24, 2.45) is 0 Å². The smallest absolute Gasteiger partial charge is 0.337 e. The molecule has 3 aromatic rings. The van der Waals surface area contributed by atoms with Crippen LogP contribution >= 0.6 is 15.9 Å². The third kappa shape index (κ3) is 4.84. The molecule has 3 rings (SSSR count). The number of benzene rings is 2. The van der Waals surface area contributed by atoms with E-state index < -0.39 is 11.9 Å². The van der Waals surface area contributed by atoms with E-state index in [1.807, 2.05) is 24.3 Å². The summed E-state index contributed by atoms with van der Waals surface area (Å²) in [5.74, 6) is -0.510. The Labute approximate surface area is 180 Å². The number of nitrogen functional groups attached to an aromatic ring is 1. The van der Waals surface area contributed by atoms with E-state index in [-0.39, 0.29) is 16.8 Å². The summed E-state index contributed by atoms with van der Waals surface area (Å²) < 4.78 is 10.4. The Balaban J connectivity index is 1.93. The molecule has 0 atom stereocenters. The molecule has 0 aliphatic heterocycles. The number of nitrogens with two attached hydrogens (primary N) is 1. The summed E-state index contributed by atoms with van der Waals surface area (Å²) in [5, 5.41) is 6.12. The highest BCUT2D eigenvalue weighted by Gasteiger charge is 2.15. The fourth-order valence-electron chi connectivity index (χ4n) is 2.57. The predicted octanol–water partition coefficient (Wildman–Crippen LogP) is 3.88. The number of nitrogens with zero attached hydrogens (tertiary/aromatic N) is 2. The van der Waals surface area contributed by atoms with Crippen LogP contribution in [0.3, 0.4) is 0 Å². The zero-order valence-electron chi connectivity index (χ0n) is 16.1. The molecule has 30 heavy (non-hydrogen) atoms. The summed E-state index contributed by atoms with van der Waals surface area (Å²) in [6, 6.07) is 11.9. The molecule has 2 aromatic carbocycles. The van der Waals surface area contributed by atoms with E-state index >= 15 is 0 Å². The number of carbonyl (C=O) groups is 2. The van der Waals surface area contributed by atoms with Gasteiger partial charge in [-0.3, -0.25) is 0 Å². The number of nitrogens with one attached hydrogen (secondary N) is 2. The van der Waals surface area contributed by atoms with E-state index in [1.54, 1.807) is 0 Å². The Bertz CT molecular complexity index is 1050. The first-order valence-electron chi connectivity index (χ1n) is 8.63. The van der Waals surface area contributed by atoms with Gasteiger partial charge in [0.15, 0.2) is 11.6 Å². The second-order valence-electron chi connectivity index (χ2n) is 6.02. The van der Waals surface area contributed by atoms with Gasteiger partial charge >= 0.3 is 11.9 Å². The number of ether oxygens (including phenoxy) is 2. The van der Waals surface area contributed by atoms with Crippen molar-refractivity contribution in [3.05, 3.63) is 64.4 Å². The highest BCUT2D eigenvalue weighted by molar-refractivity contribution is 9.10. The van der Waals surface area contributed by atoms with Crippen molar-refractivity contribution in [1.29, 1.82) is 0 Å². The van der Waals surface area contributed by atoms with E-state index in [4.69, 9.17) is 15.2 Å². The molecular formula is C20H18BrN5O4. The molecule has 1 heterocycles. The quantitative estimate of drug-likeness (QED) is 0.458. The molecule has 0 unspecified atom stereocenters. The third-order valence-electron chi connectivity index (χ3n) is 4.03. The first kappa shape index (κ1) is 21.1. The molecule has 0 saturated carbocycles. The first-order valence-corrected chi connectivity index (χ1v) is 9.42. The van der Waals surface area contributed by atoms with Crippen LogP contribution in [0.15, 0.2) is 53.3 Å². The summed E-state index contributed by atoms with van der Waals surface area (Å²) in [7, 11) is 2.51. The minimum Gasteiger partial charge on any atom is -0.465 e. The summed E-state index contributed by atoms with van der Waals surface area (Å²) in [6.07, 6.45) is 1.34. The van der Waals surface area contributed by atoms with Gasteiger partial charge in [-0.2, -0.15) is 0 Å². The maximum atomic E-state index is 12.0. The molecule has 0 aliphatic rings. The zero-order valence-corrected chi connectivity index (χ0v) is 17.7. The maximum Gasteiger partial charge on any atom is 0.337 e. The Hall–Kier alpha value is -3.66. The Morgan fingerprint density at radius 3 is 1.87 bits per heavy atom. The predicted molar refractivity (Wildman–Crippen MR) is 116 cm³/mol. The zero-order chi connectivity index (χ0) is 21.7. The molecule has 9 nitrogen and oxygen atoms in total. The molecule has 4 N–H and O–H groups in total. The number of esters is 2. The van der Waals surface area contributed by atoms with Crippen molar-refractivity contribution < 1.29 is 19.1 Å². The van der Waals surface area contributed by atoms with E-state index in [1.165, 1.54) is 38.7 Å². The van der Waals surface area contributed by atoms with Gasteiger partial charge in [-0.05, 0) is 42.5 Å². The van der Waals surface area contributed by atoms with Crippen LogP contribution in [0.2, 0.25) is 0 Å². The Kier molecular flexibility index (Phi) is 6.48. The highest BCUT2D eigenvalue weighted by Crippen LogP contribution is 2.29. The van der Waals surface area contributed by atoms with E-state index in [9.17, 15) is 9.59 Å². The standard InChI is InChI=1S/C20H18BrN5O4/c1-29-19(27)11-7-12(20(28)30-2)9-15(8-11)26-18-16(22)17(23-10-24-18)25-14-5-3-13(21)4-6-14/h3-10H,22H2,1-2H3,(H2,23,24,25,26). The number of rotatable bonds is 6. The average Bonchev–Trinajstić information content (AvgIpc) is 2.76. The Morgan fingerprint density at radius 1 is 0.867 bits per heavy atom. The second-order valence-corrected chi connectivity index (χ2v) is 6.94. The minimum atomic E-state index is -0.600. The van der Waals surface area contributed by atoms with Crippen molar-refractivity contribution in [2.45, 2.75) is 0 Å². The van der Waals surface area contributed by atoms with Gasteiger partial charge in [0.05, 0.1) is 25.3 Å². The summed E-state index contributed by atoms with van der Waals surface area (Å²) in [6.45, 7) is 0. The van der Waals surface area contributed by atoms with Crippen molar-refractivity contribution in [3.8, 4) is 0 Å². The van der Waals surface area contributed by atoms with E-state index in [0.29, 0.717) is 17.3 Å². The number of aromatic nitrogens is 2. The summed E-state index contributed by atoms with van der Waals surface area (Å²) >= 11 is 3.38. The van der Waals surface area contributed by atoms with Crippen molar-refractivity contribution in [2.75, 3.05) is 30.6 Å². The Morgan fingerprint density at radius 2 is 1.37 bits per heavy atom. The van der Waals surface area contributed by atoms with Crippen molar-refractivity contribution in [1.82, 2.24) is 9.97 Å². The van der Waals surface area contributed by atoms with Gasteiger partial charge in [0.1, 0.15) is 12.0 Å². The molecule has 0 amide bonds. The molecule has 154 valence electrons. The lowest BCUT2D eigenvalue weighted by Crippen LogP contribution is -2.09. The van der Waals surface area contributed by atoms with Crippen LogP contribution < -0.4 is 16.4 Å². The van der Waals surface area contributed by atoms with Gasteiger partial charge in [0, 0.05) is 15.8 Å². The number of hydrogen-bond acceptors (Lipinski definition) is 9. The molecule has 0 saturated heterocycles. The lowest BCUT2D eigenvalue weighted by Gasteiger charge is -2.14. The summed E-state index contributed by atoms with van der Waals surface area (Å²) in [4.78, 5) is 32.2. The summed E-state index contributed by atoms with van der Waals surface area (Å²) in [5.41, 5.74) is 8.00. The van der Waals surface area contributed by atoms with Crippen molar-refractivity contribution >= 4 is 56.6 Å². The van der Waals surface area contributed by atoms with Gasteiger partial charge < -0.3 is 25.8 Å². The molecule has 10 heteroatoms. The maximum absolute atomic E-state index is 12.0. The van der Waals surface area contributed by atoms with Gasteiger partial charge in [-0.25, -0.2) is 19.6 Å². The highest BCUT2D eigenvalue weighted by atomic mass is 79.9. The molecule has 0 fully saturated rings. The topological polar surface area (TPSA) is 128 Å². The fraction of sp³-hybridized carbons (Fsp3) is 0.100.